The van der Waals surface area contributed by atoms with Gasteiger partial charge in [0.15, 0.2) is 9.84 Å². The van der Waals surface area contributed by atoms with Crippen LogP contribution >= 0.6 is 0 Å². The first kappa shape index (κ1) is 18.9. The highest BCUT2D eigenvalue weighted by atomic mass is 32.2. The molecule has 1 aromatic carbocycles. The summed E-state index contributed by atoms with van der Waals surface area (Å²) in [6.07, 6.45) is 1.54. The molecule has 0 bridgehead atoms. The zero-order chi connectivity index (χ0) is 17.6. The molecule has 1 fully saturated rings. The normalized spacial score (nSPS) is 19.5. The molecule has 1 heterocycles. The Kier molecular flexibility index (Phi) is 6.80. The van der Waals surface area contributed by atoms with Crippen LogP contribution in [0, 0.1) is 0 Å². The predicted molar refractivity (Wildman–Crippen MR) is 96.5 cm³/mol. The van der Waals surface area contributed by atoms with Gasteiger partial charge in [-0.05, 0) is 31.9 Å². The Hall–Kier alpha value is -1.40. The quantitative estimate of drug-likeness (QED) is 0.717. The molecular weight excluding hydrogens is 324 g/mol. The predicted octanol–water partition coefficient (Wildman–Crippen LogP) is 1.93. The molecule has 1 saturated heterocycles. The Morgan fingerprint density at radius 1 is 1.21 bits per heavy atom. The number of carbonyl (C=O) groups excluding carboxylic acids is 1. The van der Waals surface area contributed by atoms with Crippen LogP contribution in [-0.4, -0.2) is 61.3 Å². The summed E-state index contributed by atoms with van der Waals surface area (Å²) in [5.41, 5.74) is 1.19. The van der Waals surface area contributed by atoms with Gasteiger partial charge in [-0.3, -0.25) is 9.69 Å². The second kappa shape index (κ2) is 8.62. The van der Waals surface area contributed by atoms with Crippen LogP contribution in [0.25, 0.3) is 0 Å². The van der Waals surface area contributed by atoms with Crippen molar-refractivity contribution < 1.29 is 13.2 Å². The largest absolute Gasteiger partial charge is 0.338 e. The summed E-state index contributed by atoms with van der Waals surface area (Å²) in [5.74, 6) is 0.340. The molecule has 24 heavy (non-hydrogen) atoms. The molecule has 134 valence electrons. The van der Waals surface area contributed by atoms with E-state index in [1.54, 1.807) is 4.90 Å². The van der Waals surface area contributed by atoms with E-state index in [0.717, 1.165) is 19.5 Å². The van der Waals surface area contributed by atoms with Gasteiger partial charge in [0.05, 0.1) is 18.1 Å². The number of amides is 1. The maximum atomic E-state index is 12.7. The van der Waals surface area contributed by atoms with Crippen molar-refractivity contribution in [1.82, 2.24) is 9.80 Å². The molecule has 1 aromatic rings. The third kappa shape index (κ3) is 5.31. The lowest BCUT2D eigenvalue weighted by Gasteiger charge is -2.30. The van der Waals surface area contributed by atoms with E-state index in [-0.39, 0.29) is 23.5 Å². The summed E-state index contributed by atoms with van der Waals surface area (Å²) in [7, 11) is -2.98. The minimum atomic E-state index is -2.98. The average Bonchev–Trinajstić information content (AvgIpc) is 2.89. The van der Waals surface area contributed by atoms with Crippen molar-refractivity contribution >= 4 is 15.7 Å². The summed E-state index contributed by atoms with van der Waals surface area (Å²) >= 11 is 0. The van der Waals surface area contributed by atoms with E-state index in [9.17, 15) is 13.2 Å². The fourth-order valence-corrected chi connectivity index (χ4v) is 5.04. The van der Waals surface area contributed by atoms with Gasteiger partial charge >= 0.3 is 0 Å². The molecule has 0 aliphatic carbocycles. The van der Waals surface area contributed by atoms with Crippen LogP contribution in [0.2, 0.25) is 0 Å². The second-order valence-corrected chi connectivity index (χ2v) is 8.66. The number of nitrogens with zero attached hydrogens (tertiary/aromatic N) is 2. The fraction of sp³-hybridized carbons (Fsp3) is 0.611. The first-order valence-electron chi connectivity index (χ1n) is 8.71. The van der Waals surface area contributed by atoms with Gasteiger partial charge in [0.2, 0.25) is 5.91 Å². The molecule has 0 N–H and O–H groups in total. The average molecular weight is 353 g/mol. The molecule has 0 spiro atoms. The van der Waals surface area contributed by atoms with Crippen LogP contribution in [0.3, 0.4) is 0 Å². The molecule has 1 atom stereocenters. The van der Waals surface area contributed by atoms with E-state index in [1.807, 2.05) is 25.1 Å². The molecule has 2 rings (SSSR count). The fourth-order valence-electron chi connectivity index (χ4n) is 3.31. The SMILES string of the molecule is CCCN(CC(=O)N(CC)C1CCS(=O)(=O)C1)Cc1ccccc1. The number of benzene rings is 1. The molecule has 5 nitrogen and oxygen atoms in total. The van der Waals surface area contributed by atoms with Crippen molar-refractivity contribution in [1.29, 1.82) is 0 Å². The van der Waals surface area contributed by atoms with Crippen LogP contribution in [-0.2, 0) is 21.2 Å². The van der Waals surface area contributed by atoms with Crippen molar-refractivity contribution in [2.45, 2.75) is 39.3 Å². The lowest BCUT2D eigenvalue weighted by atomic mass is 10.2. The van der Waals surface area contributed by atoms with Crippen LogP contribution in [0.4, 0.5) is 0 Å². The molecular formula is C18H28N2O3S. The number of likely N-dealkylation sites (N-methyl/N-ethyl adjacent to an activating group) is 1. The zero-order valence-electron chi connectivity index (χ0n) is 14.6. The number of hydrogen-bond acceptors (Lipinski definition) is 4. The number of carbonyl (C=O) groups is 1. The van der Waals surface area contributed by atoms with Gasteiger partial charge in [0, 0.05) is 19.1 Å². The molecule has 0 aromatic heterocycles. The van der Waals surface area contributed by atoms with E-state index in [0.29, 0.717) is 19.5 Å². The summed E-state index contributed by atoms with van der Waals surface area (Å²) in [5, 5.41) is 0. The molecule has 1 aliphatic heterocycles. The number of hydrogen-bond donors (Lipinski definition) is 0. The molecule has 1 unspecified atom stereocenters. The Bertz CT molecular complexity index is 631. The summed E-state index contributed by atoms with van der Waals surface area (Å²) < 4.78 is 23.4. The van der Waals surface area contributed by atoms with E-state index < -0.39 is 9.84 Å². The highest BCUT2D eigenvalue weighted by Gasteiger charge is 2.34. The van der Waals surface area contributed by atoms with E-state index in [4.69, 9.17) is 0 Å². The number of rotatable bonds is 8. The molecule has 1 amide bonds. The third-order valence-corrected chi connectivity index (χ3v) is 6.21. The summed E-state index contributed by atoms with van der Waals surface area (Å²) in [6.45, 7) is 6.51. The summed E-state index contributed by atoms with van der Waals surface area (Å²) in [4.78, 5) is 16.6. The first-order valence-corrected chi connectivity index (χ1v) is 10.5. The highest BCUT2D eigenvalue weighted by molar-refractivity contribution is 7.91. The first-order chi connectivity index (χ1) is 11.4. The van der Waals surface area contributed by atoms with Crippen LogP contribution in [0.15, 0.2) is 30.3 Å². The lowest BCUT2D eigenvalue weighted by Crippen LogP contribution is -2.46. The molecule has 0 radical (unpaired) electrons. The van der Waals surface area contributed by atoms with Crippen LogP contribution < -0.4 is 0 Å². The van der Waals surface area contributed by atoms with Crippen molar-refractivity contribution in [2.75, 3.05) is 31.1 Å². The van der Waals surface area contributed by atoms with Crippen molar-refractivity contribution in [3.05, 3.63) is 35.9 Å². The van der Waals surface area contributed by atoms with Gasteiger partial charge in [0.1, 0.15) is 0 Å². The Morgan fingerprint density at radius 3 is 2.46 bits per heavy atom. The molecule has 0 saturated carbocycles. The topological polar surface area (TPSA) is 57.7 Å². The minimum absolute atomic E-state index is 0.0315. The smallest absolute Gasteiger partial charge is 0.237 e. The molecule has 1 aliphatic rings. The van der Waals surface area contributed by atoms with Gasteiger partial charge in [0.25, 0.3) is 0 Å². The number of sulfone groups is 1. The standard InChI is InChI=1S/C18H28N2O3S/c1-3-11-19(13-16-8-6-5-7-9-16)14-18(21)20(4-2)17-10-12-24(22,23)15-17/h5-9,17H,3-4,10-15H2,1-2H3. The maximum absolute atomic E-state index is 12.7. The van der Waals surface area contributed by atoms with Crippen molar-refractivity contribution in [2.24, 2.45) is 0 Å². The van der Waals surface area contributed by atoms with E-state index in [1.165, 1.54) is 5.56 Å². The maximum Gasteiger partial charge on any atom is 0.237 e. The van der Waals surface area contributed by atoms with Gasteiger partial charge in [-0.1, -0.05) is 37.3 Å². The lowest BCUT2D eigenvalue weighted by molar-refractivity contribution is -0.134. The Morgan fingerprint density at radius 2 is 1.92 bits per heavy atom. The van der Waals surface area contributed by atoms with E-state index in [2.05, 4.69) is 24.0 Å². The van der Waals surface area contributed by atoms with Crippen molar-refractivity contribution in [3.8, 4) is 0 Å². The van der Waals surface area contributed by atoms with Gasteiger partial charge in [-0.25, -0.2) is 8.42 Å². The Balaban J connectivity index is 2.00. The second-order valence-electron chi connectivity index (χ2n) is 6.43. The zero-order valence-corrected chi connectivity index (χ0v) is 15.5. The molecule has 6 heteroatoms. The third-order valence-electron chi connectivity index (χ3n) is 4.46. The highest BCUT2D eigenvalue weighted by Crippen LogP contribution is 2.18. The summed E-state index contributed by atoms with van der Waals surface area (Å²) in [6, 6.07) is 9.96. The minimum Gasteiger partial charge on any atom is -0.338 e. The van der Waals surface area contributed by atoms with E-state index >= 15 is 0 Å². The van der Waals surface area contributed by atoms with Crippen molar-refractivity contribution in [3.63, 3.8) is 0 Å². The van der Waals surface area contributed by atoms with Crippen LogP contribution in [0.1, 0.15) is 32.3 Å². The van der Waals surface area contributed by atoms with Gasteiger partial charge < -0.3 is 4.90 Å². The Labute approximate surface area is 145 Å². The monoisotopic (exact) mass is 352 g/mol. The van der Waals surface area contributed by atoms with Gasteiger partial charge in [-0.2, -0.15) is 0 Å². The van der Waals surface area contributed by atoms with Gasteiger partial charge in [-0.15, -0.1) is 0 Å². The van der Waals surface area contributed by atoms with Crippen LogP contribution in [0.5, 0.6) is 0 Å².